The molecule has 0 aliphatic carbocycles. The Morgan fingerprint density at radius 1 is 0.727 bits per heavy atom. The third kappa shape index (κ3) is 104. The van der Waals surface area contributed by atoms with Gasteiger partial charge in [0.15, 0.2) is 0 Å². The average Bonchev–Trinajstić information content (AvgIpc) is 1.95. The van der Waals surface area contributed by atoms with Gasteiger partial charge in [-0.05, 0) is 0 Å². The largest absolute Gasteiger partial charge is 0.394 e. The van der Waals surface area contributed by atoms with Crippen molar-refractivity contribution in [2.45, 2.75) is 0 Å². The van der Waals surface area contributed by atoms with Gasteiger partial charge in [0.1, 0.15) is 13.1 Å². The predicted octanol–water partition coefficient (Wildman–Crippen LogP) is -0.442. The summed E-state index contributed by atoms with van der Waals surface area (Å²) in [5.74, 6) is 0. The van der Waals surface area contributed by atoms with Gasteiger partial charge in [0.2, 0.25) is 0 Å². The number of nitrogens with zero attached hydrogens (tertiary/aromatic N) is 2. The summed E-state index contributed by atoms with van der Waals surface area (Å²) in [5.41, 5.74) is 0. The van der Waals surface area contributed by atoms with Gasteiger partial charge in [0.25, 0.3) is 0 Å². The van der Waals surface area contributed by atoms with Crippen LogP contribution < -0.4 is 0 Å². The summed E-state index contributed by atoms with van der Waals surface area (Å²) in [7, 11) is 7.64. The van der Waals surface area contributed by atoms with Crippen molar-refractivity contribution in [3.63, 3.8) is 0 Å². The van der Waals surface area contributed by atoms with E-state index in [0.717, 1.165) is 22.1 Å². The Kier molecular flexibility index (Phi) is 31.9. The Morgan fingerprint density at radius 3 is 0.864 bits per heavy atom. The minimum absolute atomic E-state index is 0. The van der Waals surface area contributed by atoms with Crippen molar-refractivity contribution in [3.05, 3.63) is 0 Å². The van der Waals surface area contributed by atoms with Crippen LogP contribution in [0.4, 0.5) is 0 Å². The van der Waals surface area contributed by atoms with Crippen LogP contribution in [0.2, 0.25) is 0 Å². The van der Waals surface area contributed by atoms with Gasteiger partial charge in [0, 0.05) is 19.5 Å². The molecule has 0 aliphatic heterocycles. The molecule has 0 saturated heterocycles. The maximum Gasteiger partial charge on any atom is 0.394 e. The van der Waals surface area contributed by atoms with Gasteiger partial charge >= 0.3 is 10.4 Å². The second kappa shape index (κ2) is 18.3. The van der Waals surface area contributed by atoms with Crippen LogP contribution in [0, 0.1) is 0 Å². The van der Waals surface area contributed by atoms with E-state index in [1.54, 1.807) is 0 Å². The molecule has 0 atom stereocenters. The van der Waals surface area contributed by atoms with Crippen molar-refractivity contribution >= 4 is 35.2 Å². The number of hydrogen-bond donors (Lipinski definition) is 4. The summed E-state index contributed by atoms with van der Waals surface area (Å²) in [6.07, 6.45) is 0. The van der Waals surface area contributed by atoms with Gasteiger partial charge < -0.3 is 19.2 Å². The van der Waals surface area contributed by atoms with E-state index in [1.807, 2.05) is 0 Å². The van der Waals surface area contributed by atoms with Crippen LogP contribution in [-0.4, -0.2) is 105 Å². The standard InChI is InChI=1S/2C5H14NO.2ClH.H2O4S.Zn/c2*1-6(2,3)4-5-7;;;1-5(2,3)4;/h2*7H,4-5H2,1-3H3;2*1H;(H2,1,2,3,4);/q2*+1;;;;. The number of quaternary nitrogens is 2. The minimum Gasteiger partial charge on any atom is -0.391 e. The first kappa shape index (κ1) is 38.5. The summed E-state index contributed by atoms with van der Waals surface area (Å²) < 4.78 is 33.3. The van der Waals surface area contributed by atoms with E-state index in [0.29, 0.717) is 0 Å². The van der Waals surface area contributed by atoms with Crippen LogP contribution in [0.1, 0.15) is 0 Å². The molecule has 138 valence electrons. The smallest absolute Gasteiger partial charge is 0.391 e. The zero-order chi connectivity index (χ0) is 16.3. The Hall–Kier alpha value is 0.913. The maximum atomic E-state index is 8.74. The molecule has 0 rings (SSSR count). The molecule has 0 saturated carbocycles. The quantitative estimate of drug-likeness (QED) is 0.265. The fourth-order valence-electron chi connectivity index (χ4n) is 0.600. The number of hydrogen-bond acceptors (Lipinski definition) is 4. The zero-order valence-electron chi connectivity index (χ0n) is 14.3. The van der Waals surface area contributed by atoms with Gasteiger partial charge in [-0.2, -0.15) is 8.42 Å². The maximum absolute atomic E-state index is 8.74. The van der Waals surface area contributed by atoms with Gasteiger partial charge in [-0.15, -0.1) is 24.8 Å². The molecule has 4 N–H and O–H groups in total. The molecule has 0 heterocycles. The monoisotopic (exact) mass is 442 g/mol. The molecule has 0 spiro atoms. The summed E-state index contributed by atoms with van der Waals surface area (Å²) in [5, 5.41) is 16.8. The first-order valence-electron chi connectivity index (χ1n) is 5.65. The molecule has 0 aliphatic rings. The molecule has 0 aromatic heterocycles. The second-order valence-corrected chi connectivity index (χ2v) is 6.82. The second-order valence-electron chi connectivity index (χ2n) is 5.92. The Morgan fingerprint density at radius 2 is 0.864 bits per heavy atom. The number of halogens is 2. The van der Waals surface area contributed by atoms with Crippen LogP contribution in [0.5, 0.6) is 0 Å². The molecule has 12 heteroatoms. The molecule has 22 heavy (non-hydrogen) atoms. The zero-order valence-corrected chi connectivity index (χ0v) is 19.7. The number of aliphatic hydroxyl groups is 2. The first-order chi connectivity index (χ1) is 8.12. The van der Waals surface area contributed by atoms with Crippen molar-refractivity contribution < 1.29 is 56.2 Å². The molecule has 0 unspecified atom stereocenters. The van der Waals surface area contributed by atoms with E-state index >= 15 is 0 Å². The normalized spacial score (nSPS) is 10.3. The van der Waals surface area contributed by atoms with E-state index in [4.69, 9.17) is 27.7 Å². The number of rotatable bonds is 4. The van der Waals surface area contributed by atoms with Crippen molar-refractivity contribution in [1.82, 2.24) is 0 Å². The predicted molar refractivity (Wildman–Crippen MR) is 88.6 cm³/mol. The Labute approximate surface area is 159 Å². The van der Waals surface area contributed by atoms with Crippen LogP contribution in [0.15, 0.2) is 0 Å². The van der Waals surface area contributed by atoms with Crippen molar-refractivity contribution in [2.75, 3.05) is 68.6 Å². The summed E-state index contributed by atoms with van der Waals surface area (Å²) in [6, 6.07) is 0. The summed E-state index contributed by atoms with van der Waals surface area (Å²) in [4.78, 5) is 0. The molecule has 0 amide bonds. The number of aliphatic hydroxyl groups excluding tert-OH is 2. The van der Waals surface area contributed by atoms with E-state index in [1.165, 1.54) is 0 Å². The number of likely N-dealkylation sites (N-methyl/N-ethyl adjacent to an activating group) is 2. The van der Waals surface area contributed by atoms with E-state index in [-0.39, 0.29) is 57.5 Å². The molecule has 0 fully saturated rings. The summed E-state index contributed by atoms with van der Waals surface area (Å²) in [6.45, 7) is 2.23. The fourth-order valence-corrected chi connectivity index (χ4v) is 0.600. The Bertz CT molecular complexity index is 284. The van der Waals surface area contributed by atoms with E-state index < -0.39 is 10.4 Å². The van der Waals surface area contributed by atoms with E-state index in [2.05, 4.69) is 42.3 Å². The molecular formula is C10H32Cl2N2O6SZn+2. The minimum atomic E-state index is -4.67. The van der Waals surface area contributed by atoms with Gasteiger partial charge in [-0.3, -0.25) is 9.11 Å². The molecular weight excluding hydrogens is 412 g/mol. The first-order valence-corrected chi connectivity index (χ1v) is 7.04. The van der Waals surface area contributed by atoms with E-state index in [9.17, 15) is 0 Å². The summed E-state index contributed by atoms with van der Waals surface area (Å²) >= 11 is 0. The Balaban J connectivity index is -0.0000000414. The van der Waals surface area contributed by atoms with Crippen molar-refractivity contribution in [1.29, 1.82) is 0 Å². The molecule has 0 bridgehead atoms. The van der Waals surface area contributed by atoms with Crippen LogP contribution >= 0.6 is 24.8 Å². The van der Waals surface area contributed by atoms with Crippen molar-refractivity contribution in [2.24, 2.45) is 0 Å². The topological polar surface area (TPSA) is 115 Å². The van der Waals surface area contributed by atoms with Crippen LogP contribution in [0.3, 0.4) is 0 Å². The average molecular weight is 445 g/mol. The molecule has 8 nitrogen and oxygen atoms in total. The van der Waals surface area contributed by atoms with Crippen LogP contribution in [0.25, 0.3) is 0 Å². The van der Waals surface area contributed by atoms with Crippen LogP contribution in [-0.2, 0) is 29.9 Å². The van der Waals surface area contributed by atoms with Gasteiger partial charge in [-0.1, -0.05) is 0 Å². The third-order valence-corrected chi connectivity index (χ3v) is 1.54. The van der Waals surface area contributed by atoms with Gasteiger partial charge in [0.05, 0.1) is 55.5 Å². The van der Waals surface area contributed by atoms with Crippen molar-refractivity contribution in [3.8, 4) is 0 Å². The third-order valence-electron chi connectivity index (χ3n) is 1.54. The molecule has 0 radical (unpaired) electrons. The molecule has 0 aromatic carbocycles. The SMILES string of the molecule is C[N+](C)(C)CCO.C[N+](C)(C)CCO.Cl.Cl.O=S(=O)(O)O.[Zn]. The molecule has 0 aromatic rings. The fraction of sp³-hybridized carbons (Fsp3) is 1.00. The van der Waals surface area contributed by atoms with Gasteiger partial charge in [-0.25, -0.2) is 0 Å².